The minimum atomic E-state index is 0.510. The van der Waals surface area contributed by atoms with Crippen LogP contribution in [0.15, 0.2) is 22.8 Å². The molecule has 0 aliphatic heterocycles. The minimum absolute atomic E-state index is 0.510. The van der Waals surface area contributed by atoms with Gasteiger partial charge in [-0.25, -0.2) is 0 Å². The molecule has 96 valence electrons. The summed E-state index contributed by atoms with van der Waals surface area (Å²) in [5, 5.41) is 3.66. The third kappa shape index (κ3) is 3.88. The summed E-state index contributed by atoms with van der Waals surface area (Å²) in [5.41, 5.74) is 0. The average Bonchev–Trinajstić information content (AvgIpc) is 2.81. The van der Waals surface area contributed by atoms with Gasteiger partial charge in [-0.15, -0.1) is 0 Å². The van der Waals surface area contributed by atoms with Crippen molar-refractivity contribution in [2.24, 2.45) is 11.8 Å². The summed E-state index contributed by atoms with van der Waals surface area (Å²) in [6.45, 7) is 5.82. The predicted octanol–water partition coefficient (Wildman–Crippen LogP) is 3.63. The van der Waals surface area contributed by atoms with E-state index in [1.54, 1.807) is 6.26 Å². The Morgan fingerprint density at radius 1 is 1.41 bits per heavy atom. The lowest BCUT2D eigenvalue weighted by Crippen LogP contribution is -2.35. The summed E-state index contributed by atoms with van der Waals surface area (Å²) < 4.78 is 5.38. The highest BCUT2D eigenvalue weighted by Crippen LogP contribution is 2.28. The molecule has 0 bridgehead atoms. The fourth-order valence-corrected chi connectivity index (χ4v) is 2.85. The Kier molecular flexibility index (Phi) is 4.66. The van der Waals surface area contributed by atoms with Crippen LogP contribution in [0.25, 0.3) is 0 Å². The molecule has 0 spiro atoms. The van der Waals surface area contributed by atoms with E-state index in [9.17, 15) is 0 Å². The van der Waals surface area contributed by atoms with E-state index >= 15 is 0 Å². The fraction of sp³-hybridized carbons (Fsp3) is 0.733. The number of hydrogen-bond donors (Lipinski definition) is 1. The topological polar surface area (TPSA) is 25.2 Å². The van der Waals surface area contributed by atoms with Gasteiger partial charge in [-0.05, 0) is 43.9 Å². The Labute approximate surface area is 105 Å². The van der Waals surface area contributed by atoms with Crippen LogP contribution in [-0.4, -0.2) is 12.6 Å². The lowest BCUT2D eigenvalue weighted by atomic mass is 9.80. The molecule has 1 aromatic rings. The first-order chi connectivity index (χ1) is 8.25. The monoisotopic (exact) mass is 235 g/mol. The second kappa shape index (κ2) is 6.25. The molecule has 3 unspecified atom stereocenters. The highest BCUT2D eigenvalue weighted by atomic mass is 16.3. The van der Waals surface area contributed by atoms with Crippen molar-refractivity contribution in [2.45, 2.75) is 52.0 Å². The third-order valence-electron chi connectivity index (χ3n) is 4.11. The van der Waals surface area contributed by atoms with Gasteiger partial charge in [-0.3, -0.25) is 0 Å². The molecule has 2 rings (SSSR count). The van der Waals surface area contributed by atoms with E-state index in [0.29, 0.717) is 6.04 Å². The van der Waals surface area contributed by atoms with Gasteiger partial charge >= 0.3 is 0 Å². The van der Waals surface area contributed by atoms with E-state index in [1.807, 2.05) is 6.07 Å². The zero-order valence-corrected chi connectivity index (χ0v) is 11.1. The molecule has 17 heavy (non-hydrogen) atoms. The van der Waals surface area contributed by atoms with E-state index in [-0.39, 0.29) is 0 Å². The van der Waals surface area contributed by atoms with E-state index in [0.717, 1.165) is 24.0 Å². The van der Waals surface area contributed by atoms with Crippen LogP contribution in [0.5, 0.6) is 0 Å². The largest absolute Gasteiger partial charge is 0.469 e. The summed E-state index contributed by atoms with van der Waals surface area (Å²) in [7, 11) is 0. The first-order valence-electron chi connectivity index (χ1n) is 7.01. The first-order valence-corrected chi connectivity index (χ1v) is 7.01. The van der Waals surface area contributed by atoms with Crippen LogP contribution >= 0.6 is 0 Å². The van der Waals surface area contributed by atoms with E-state index in [1.165, 1.54) is 32.2 Å². The van der Waals surface area contributed by atoms with Crippen molar-refractivity contribution in [3.05, 3.63) is 24.2 Å². The molecule has 1 aliphatic rings. The minimum Gasteiger partial charge on any atom is -0.469 e. The molecule has 0 aromatic carbocycles. The van der Waals surface area contributed by atoms with Crippen LogP contribution in [0.1, 0.15) is 45.3 Å². The molecule has 0 saturated heterocycles. The van der Waals surface area contributed by atoms with Gasteiger partial charge in [0.25, 0.3) is 0 Å². The van der Waals surface area contributed by atoms with Gasteiger partial charge in [-0.2, -0.15) is 0 Å². The highest BCUT2D eigenvalue weighted by Gasteiger charge is 2.21. The Morgan fingerprint density at radius 2 is 2.24 bits per heavy atom. The molecule has 1 heterocycles. The average molecular weight is 235 g/mol. The van der Waals surface area contributed by atoms with Crippen LogP contribution in [0.2, 0.25) is 0 Å². The van der Waals surface area contributed by atoms with Gasteiger partial charge < -0.3 is 9.73 Å². The molecule has 1 fully saturated rings. The molecule has 0 amide bonds. The smallest absolute Gasteiger partial charge is 0.105 e. The predicted molar refractivity (Wildman–Crippen MR) is 71.0 cm³/mol. The number of furan rings is 1. The van der Waals surface area contributed by atoms with Crippen molar-refractivity contribution < 1.29 is 4.42 Å². The van der Waals surface area contributed by atoms with Gasteiger partial charge in [0.15, 0.2) is 0 Å². The maximum Gasteiger partial charge on any atom is 0.105 e. The third-order valence-corrected chi connectivity index (χ3v) is 4.11. The van der Waals surface area contributed by atoms with Crippen LogP contribution in [0, 0.1) is 11.8 Å². The Morgan fingerprint density at radius 3 is 2.94 bits per heavy atom. The number of rotatable bonds is 5. The molecular formula is C15H25NO. The summed E-state index contributed by atoms with van der Waals surface area (Å²) >= 11 is 0. The van der Waals surface area contributed by atoms with Crippen molar-refractivity contribution in [2.75, 3.05) is 6.54 Å². The molecule has 0 radical (unpaired) electrons. The molecule has 3 atom stereocenters. The van der Waals surface area contributed by atoms with Crippen molar-refractivity contribution in [3.8, 4) is 0 Å². The van der Waals surface area contributed by atoms with Gasteiger partial charge in [0, 0.05) is 12.5 Å². The lowest BCUT2D eigenvalue weighted by Gasteiger charge is -2.30. The normalized spacial score (nSPS) is 26.9. The molecule has 1 saturated carbocycles. The Balaban J connectivity index is 1.70. The second-order valence-electron chi connectivity index (χ2n) is 5.61. The number of nitrogens with one attached hydrogen (secondary N) is 1. The SMILES string of the molecule is CC(Cc1ccco1)NCC1CCCCC1C. The molecule has 1 N–H and O–H groups in total. The van der Waals surface area contributed by atoms with Crippen LogP contribution in [-0.2, 0) is 6.42 Å². The lowest BCUT2D eigenvalue weighted by molar-refractivity contribution is 0.241. The maximum atomic E-state index is 5.38. The number of hydrogen-bond acceptors (Lipinski definition) is 2. The summed E-state index contributed by atoms with van der Waals surface area (Å²) in [6.07, 6.45) is 8.42. The summed E-state index contributed by atoms with van der Waals surface area (Å²) in [5.74, 6) is 2.86. The summed E-state index contributed by atoms with van der Waals surface area (Å²) in [4.78, 5) is 0. The molecule has 2 nitrogen and oxygen atoms in total. The quantitative estimate of drug-likeness (QED) is 0.843. The van der Waals surface area contributed by atoms with Gasteiger partial charge in [0.1, 0.15) is 5.76 Å². The Bertz CT molecular complexity index is 307. The summed E-state index contributed by atoms with van der Waals surface area (Å²) in [6, 6.07) is 4.53. The van der Waals surface area contributed by atoms with E-state index < -0.39 is 0 Å². The van der Waals surface area contributed by atoms with Crippen molar-refractivity contribution in [1.29, 1.82) is 0 Å². The van der Waals surface area contributed by atoms with Crippen molar-refractivity contribution in [1.82, 2.24) is 5.32 Å². The molecule has 1 aliphatic carbocycles. The zero-order chi connectivity index (χ0) is 12.1. The standard InChI is InChI=1S/C15H25NO/c1-12-6-3-4-7-14(12)11-16-13(2)10-15-8-5-9-17-15/h5,8-9,12-14,16H,3-4,6-7,10-11H2,1-2H3. The molecular weight excluding hydrogens is 210 g/mol. The van der Waals surface area contributed by atoms with Crippen molar-refractivity contribution in [3.63, 3.8) is 0 Å². The van der Waals surface area contributed by atoms with Gasteiger partial charge in [0.2, 0.25) is 0 Å². The van der Waals surface area contributed by atoms with E-state index in [4.69, 9.17) is 4.42 Å². The van der Waals surface area contributed by atoms with Crippen LogP contribution < -0.4 is 5.32 Å². The van der Waals surface area contributed by atoms with Gasteiger partial charge in [0.05, 0.1) is 6.26 Å². The first kappa shape index (κ1) is 12.7. The van der Waals surface area contributed by atoms with Crippen molar-refractivity contribution >= 4 is 0 Å². The zero-order valence-electron chi connectivity index (χ0n) is 11.1. The fourth-order valence-electron chi connectivity index (χ4n) is 2.85. The van der Waals surface area contributed by atoms with Crippen LogP contribution in [0.4, 0.5) is 0 Å². The molecule has 1 aromatic heterocycles. The Hall–Kier alpha value is -0.760. The maximum absolute atomic E-state index is 5.38. The van der Waals surface area contributed by atoms with E-state index in [2.05, 4.69) is 25.2 Å². The van der Waals surface area contributed by atoms with Gasteiger partial charge in [-0.1, -0.05) is 26.2 Å². The second-order valence-corrected chi connectivity index (χ2v) is 5.61. The highest BCUT2D eigenvalue weighted by molar-refractivity contribution is 4.99. The van der Waals surface area contributed by atoms with Crippen LogP contribution in [0.3, 0.4) is 0 Å². The molecule has 2 heteroatoms.